The molecule has 0 aliphatic rings. The Morgan fingerprint density at radius 3 is 2.90 bits per heavy atom. The van der Waals surface area contributed by atoms with E-state index < -0.39 is 13.7 Å². The van der Waals surface area contributed by atoms with E-state index in [4.69, 9.17) is 14.5 Å². The van der Waals surface area contributed by atoms with Gasteiger partial charge in [-0.3, -0.25) is 4.57 Å². The Balaban J connectivity index is 1.94. The maximum atomic E-state index is 10.8. The summed E-state index contributed by atoms with van der Waals surface area (Å²) < 4.78 is 18.6. The molecule has 0 bridgehead atoms. The summed E-state index contributed by atoms with van der Waals surface area (Å²) in [6.45, 7) is 2.43. The first-order valence-electron chi connectivity index (χ1n) is 5.84. The van der Waals surface area contributed by atoms with E-state index >= 15 is 0 Å². The van der Waals surface area contributed by atoms with Gasteiger partial charge in [0.2, 0.25) is 0 Å². The molecule has 2 heterocycles. The molecule has 0 aliphatic heterocycles. The van der Waals surface area contributed by atoms with E-state index in [0.717, 1.165) is 0 Å². The third-order valence-electron chi connectivity index (χ3n) is 2.59. The molecule has 0 aromatic carbocycles. The van der Waals surface area contributed by atoms with Gasteiger partial charge >= 0.3 is 7.60 Å². The van der Waals surface area contributed by atoms with Crippen LogP contribution in [-0.4, -0.2) is 48.2 Å². The average Bonchev–Trinajstić information content (AvgIpc) is 2.72. The van der Waals surface area contributed by atoms with Crippen molar-refractivity contribution >= 4 is 34.7 Å². The van der Waals surface area contributed by atoms with Gasteiger partial charge in [0.05, 0.1) is 25.2 Å². The molecule has 2 aromatic heterocycles. The van der Waals surface area contributed by atoms with Crippen molar-refractivity contribution in [3.05, 3.63) is 17.3 Å². The summed E-state index contributed by atoms with van der Waals surface area (Å²) in [5, 5.41) is 0. The molecule has 0 saturated carbocycles. The normalized spacial score (nSPS) is 13.8. The third kappa shape index (κ3) is 4.07. The molecule has 0 fully saturated rings. The van der Waals surface area contributed by atoms with Gasteiger partial charge in [0.25, 0.3) is 0 Å². The van der Waals surface area contributed by atoms with Crippen LogP contribution in [0.15, 0.2) is 17.3 Å². The van der Waals surface area contributed by atoms with Crippen LogP contribution in [0.5, 0.6) is 0 Å². The van der Waals surface area contributed by atoms with Crippen molar-refractivity contribution < 1.29 is 19.1 Å². The molecular formula is C10H14BrN4O4P. The van der Waals surface area contributed by atoms with Crippen LogP contribution < -0.4 is 0 Å². The predicted octanol–water partition coefficient (Wildman–Crippen LogP) is 1.17. The van der Waals surface area contributed by atoms with Gasteiger partial charge in [0, 0.05) is 6.54 Å². The molecule has 8 nitrogen and oxygen atoms in total. The Labute approximate surface area is 123 Å². The zero-order chi connectivity index (χ0) is 14.8. The summed E-state index contributed by atoms with van der Waals surface area (Å²) in [5.41, 5.74) is 1.34. The first kappa shape index (κ1) is 15.5. The van der Waals surface area contributed by atoms with Crippen LogP contribution in [0.2, 0.25) is 0 Å². The number of imidazole rings is 1. The lowest BCUT2D eigenvalue weighted by Crippen LogP contribution is -2.17. The van der Waals surface area contributed by atoms with Crippen LogP contribution in [-0.2, 0) is 15.8 Å². The van der Waals surface area contributed by atoms with E-state index in [-0.39, 0.29) is 6.16 Å². The van der Waals surface area contributed by atoms with E-state index in [9.17, 15) is 4.57 Å². The molecule has 1 unspecified atom stereocenters. The molecule has 0 saturated heterocycles. The monoisotopic (exact) mass is 364 g/mol. The molecule has 0 spiro atoms. The molecule has 0 radical (unpaired) electrons. The number of nitrogens with zero attached hydrogens (tertiary/aromatic N) is 4. The van der Waals surface area contributed by atoms with Crippen LogP contribution in [0.25, 0.3) is 11.2 Å². The van der Waals surface area contributed by atoms with Gasteiger partial charge in [-0.2, -0.15) is 0 Å². The molecule has 0 aliphatic carbocycles. The maximum absolute atomic E-state index is 10.8. The highest BCUT2D eigenvalue weighted by molar-refractivity contribution is 9.10. The largest absolute Gasteiger partial charge is 0.376 e. The van der Waals surface area contributed by atoms with E-state index in [1.807, 2.05) is 0 Å². The standard InChI is InChI=1S/C10H14BrN4O4P/c1-7(4-20(16,17)18)19-3-2-15-6-14-8-9(11)12-5-13-10(8)15/h5-7H,2-4H2,1H3,(H2,16,17,18). The summed E-state index contributed by atoms with van der Waals surface area (Å²) in [6.07, 6.45) is 2.26. The summed E-state index contributed by atoms with van der Waals surface area (Å²) in [6, 6.07) is 0. The molecule has 2 N–H and O–H groups in total. The first-order chi connectivity index (χ1) is 9.37. The Morgan fingerprint density at radius 2 is 2.20 bits per heavy atom. The highest BCUT2D eigenvalue weighted by Gasteiger charge is 2.18. The lowest BCUT2D eigenvalue weighted by Gasteiger charge is -2.14. The van der Waals surface area contributed by atoms with E-state index in [2.05, 4.69) is 30.9 Å². The molecular weight excluding hydrogens is 351 g/mol. The Morgan fingerprint density at radius 1 is 1.45 bits per heavy atom. The number of halogens is 1. The lowest BCUT2D eigenvalue weighted by molar-refractivity contribution is 0.0720. The zero-order valence-corrected chi connectivity index (χ0v) is 13.2. The fraction of sp³-hybridized carbons (Fsp3) is 0.500. The molecule has 0 amide bonds. The van der Waals surface area contributed by atoms with Crippen LogP contribution in [0.1, 0.15) is 6.92 Å². The van der Waals surface area contributed by atoms with Gasteiger partial charge in [-0.15, -0.1) is 0 Å². The van der Waals surface area contributed by atoms with Crippen molar-refractivity contribution in [2.75, 3.05) is 12.8 Å². The summed E-state index contributed by atoms with van der Waals surface area (Å²) >= 11 is 3.29. The van der Waals surface area contributed by atoms with Crippen LogP contribution in [0, 0.1) is 0 Å². The van der Waals surface area contributed by atoms with Gasteiger partial charge in [0.15, 0.2) is 5.65 Å². The van der Waals surface area contributed by atoms with Crippen molar-refractivity contribution in [1.82, 2.24) is 19.5 Å². The minimum absolute atomic E-state index is 0.286. The summed E-state index contributed by atoms with van der Waals surface area (Å²) in [4.78, 5) is 30.0. The van der Waals surface area contributed by atoms with Crippen LogP contribution in [0.4, 0.5) is 0 Å². The quantitative estimate of drug-likeness (QED) is 0.584. The molecule has 10 heteroatoms. The van der Waals surface area contributed by atoms with Crippen molar-refractivity contribution in [2.45, 2.75) is 19.6 Å². The van der Waals surface area contributed by atoms with Gasteiger partial charge < -0.3 is 19.1 Å². The zero-order valence-electron chi connectivity index (χ0n) is 10.7. The molecule has 1 atom stereocenters. The van der Waals surface area contributed by atoms with Gasteiger partial charge in [0.1, 0.15) is 16.4 Å². The minimum Gasteiger partial charge on any atom is -0.376 e. The number of aromatic nitrogens is 4. The van der Waals surface area contributed by atoms with Crippen molar-refractivity contribution in [3.63, 3.8) is 0 Å². The molecule has 2 rings (SSSR count). The topological polar surface area (TPSA) is 110 Å². The van der Waals surface area contributed by atoms with Gasteiger partial charge in [-0.1, -0.05) is 0 Å². The number of hydrogen-bond acceptors (Lipinski definition) is 5. The SMILES string of the molecule is CC(CP(=O)(O)O)OCCn1cnc2c(Br)ncnc21. The third-order valence-corrected chi connectivity index (χ3v) is 4.16. The van der Waals surface area contributed by atoms with Gasteiger partial charge in [-0.05, 0) is 22.9 Å². The predicted molar refractivity (Wildman–Crippen MR) is 75.3 cm³/mol. The number of rotatable bonds is 6. The first-order valence-corrected chi connectivity index (χ1v) is 8.43. The maximum Gasteiger partial charge on any atom is 0.328 e. The average molecular weight is 365 g/mol. The second kappa shape index (κ2) is 6.28. The second-order valence-corrected chi connectivity index (χ2v) is 6.75. The van der Waals surface area contributed by atoms with Crippen LogP contribution >= 0.6 is 23.5 Å². The second-order valence-electron chi connectivity index (χ2n) is 4.30. The smallest absolute Gasteiger partial charge is 0.328 e. The summed E-state index contributed by atoms with van der Waals surface area (Å²) in [7, 11) is -4.04. The highest BCUT2D eigenvalue weighted by atomic mass is 79.9. The van der Waals surface area contributed by atoms with E-state index in [1.54, 1.807) is 17.8 Å². The van der Waals surface area contributed by atoms with Crippen molar-refractivity contribution in [1.29, 1.82) is 0 Å². The van der Waals surface area contributed by atoms with E-state index in [0.29, 0.717) is 28.9 Å². The lowest BCUT2D eigenvalue weighted by atomic mass is 10.5. The molecule has 110 valence electrons. The van der Waals surface area contributed by atoms with E-state index in [1.165, 1.54) is 6.33 Å². The van der Waals surface area contributed by atoms with Crippen molar-refractivity contribution in [3.8, 4) is 0 Å². The fourth-order valence-corrected chi connectivity index (χ4v) is 2.90. The highest BCUT2D eigenvalue weighted by Crippen LogP contribution is 2.35. The fourth-order valence-electron chi connectivity index (χ4n) is 1.76. The Hall–Kier alpha value is -0.860. The minimum atomic E-state index is -4.04. The molecule has 20 heavy (non-hydrogen) atoms. The Bertz CT molecular complexity index is 643. The Kier molecular flexibility index (Phi) is 4.87. The number of fused-ring (bicyclic) bond motifs is 1. The van der Waals surface area contributed by atoms with Crippen LogP contribution in [0.3, 0.4) is 0 Å². The number of hydrogen-bond donors (Lipinski definition) is 2. The van der Waals surface area contributed by atoms with Crippen molar-refractivity contribution in [2.24, 2.45) is 0 Å². The van der Waals surface area contributed by atoms with Gasteiger partial charge in [-0.25, -0.2) is 15.0 Å². The summed E-state index contributed by atoms with van der Waals surface area (Å²) in [5.74, 6) is 0. The molecule has 2 aromatic rings. The number of ether oxygens (including phenoxy) is 1.